The van der Waals surface area contributed by atoms with Crippen LogP contribution in [0, 0.1) is 5.82 Å². The molecular formula is C13H19FN2. The van der Waals surface area contributed by atoms with Crippen LogP contribution in [0.4, 0.5) is 4.39 Å². The van der Waals surface area contributed by atoms with Crippen molar-refractivity contribution in [3.05, 3.63) is 35.6 Å². The molecule has 3 heteroatoms. The Balaban J connectivity index is 2.28. The Morgan fingerprint density at radius 1 is 1.50 bits per heavy atom. The molecule has 0 aliphatic carbocycles. The standard InChI is InChI=1S/C13H19FN2/c1-2-16-8-4-7-12(15)13(16)10-5-3-6-11(14)9-10/h3,5-6,9,12-13H,2,4,7-8,15H2,1H3. The van der Waals surface area contributed by atoms with Gasteiger partial charge >= 0.3 is 0 Å². The van der Waals surface area contributed by atoms with Crippen molar-refractivity contribution in [2.45, 2.75) is 31.8 Å². The van der Waals surface area contributed by atoms with E-state index < -0.39 is 0 Å². The van der Waals surface area contributed by atoms with Crippen LogP contribution >= 0.6 is 0 Å². The van der Waals surface area contributed by atoms with E-state index in [2.05, 4.69) is 11.8 Å². The third-order valence-corrected chi connectivity index (χ3v) is 3.38. The molecule has 0 spiro atoms. The van der Waals surface area contributed by atoms with Crippen LogP contribution in [0.1, 0.15) is 31.4 Å². The molecule has 1 aliphatic rings. The minimum atomic E-state index is -0.175. The fourth-order valence-electron chi connectivity index (χ4n) is 2.60. The second-order valence-corrected chi connectivity index (χ2v) is 4.43. The van der Waals surface area contributed by atoms with Gasteiger partial charge in [-0.3, -0.25) is 4.90 Å². The molecule has 2 atom stereocenters. The molecule has 0 saturated carbocycles. The van der Waals surface area contributed by atoms with Gasteiger partial charge in [0.2, 0.25) is 0 Å². The lowest BCUT2D eigenvalue weighted by Gasteiger charge is -2.39. The first-order valence-corrected chi connectivity index (χ1v) is 5.97. The van der Waals surface area contributed by atoms with E-state index in [-0.39, 0.29) is 17.9 Å². The van der Waals surface area contributed by atoms with Crippen molar-refractivity contribution < 1.29 is 4.39 Å². The number of halogens is 1. The number of hydrogen-bond donors (Lipinski definition) is 1. The Morgan fingerprint density at radius 3 is 3.00 bits per heavy atom. The first-order valence-electron chi connectivity index (χ1n) is 5.97. The van der Waals surface area contributed by atoms with Crippen molar-refractivity contribution in [1.29, 1.82) is 0 Å². The van der Waals surface area contributed by atoms with Gasteiger partial charge in [-0.15, -0.1) is 0 Å². The van der Waals surface area contributed by atoms with E-state index in [1.165, 1.54) is 6.07 Å². The number of hydrogen-bond acceptors (Lipinski definition) is 2. The van der Waals surface area contributed by atoms with Crippen molar-refractivity contribution in [3.8, 4) is 0 Å². The summed E-state index contributed by atoms with van der Waals surface area (Å²) in [5, 5.41) is 0. The zero-order chi connectivity index (χ0) is 11.5. The predicted molar refractivity (Wildman–Crippen MR) is 63.6 cm³/mol. The molecule has 16 heavy (non-hydrogen) atoms. The van der Waals surface area contributed by atoms with Crippen LogP contribution in [-0.4, -0.2) is 24.0 Å². The average molecular weight is 222 g/mol. The molecule has 1 aliphatic heterocycles. The maximum Gasteiger partial charge on any atom is 0.123 e. The van der Waals surface area contributed by atoms with Crippen molar-refractivity contribution in [2.24, 2.45) is 5.73 Å². The fraction of sp³-hybridized carbons (Fsp3) is 0.538. The monoisotopic (exact) mass is 222 g/mol. The first-order chi connectivity index (χ1) is 7.72. The van der Waals surface area contributed by atoms with E-state index in [0.29, 0.717) is 0 Å². The Labute approximate surface area is 96.2 Å². The zero-order valence-electron chi connectivity index (χ0n) is 9.70. The summed E-state index contributed by atoms with van der Waals surface area (Å²) in [5.74, 6) is -0.175. The third-order valence-electron chi connectivity index (χ3n) is 3.38. The smallest absolute Gasteiger partial charge is 0.123 e. The van der Waals surface area contributed by atoms with Gasteiger partial charge in [-0.05, 0) is 43.6 Å². The Bertz CT molecular complexity index is 354. The quantitative estimate of drug-likeness (QED) is 0.832. The largest absolute Gasteiger partial charge is 0.326 e. The molecule has 88 valence electrons. The van der Waals surface area contributed by atoms with Crippen molar-refractivity contribution >= 4 is 0 Å². The summed E-state index contributed by atoms with van der Waals surface area (Å²) in [4.78, 5) is 2.34. The van der Waals surface area contributed by atoms with Gasteiger partial charge in [-0.25, -0.2) is 4.39 Å². The number of piperidine rings is 1. The lowest BCUT2D eigenvalue weighted by Crippen LogP contribution is -2.45. The summed E-state index contributed by atoms with van der Waals surface area (Å²) in [6, 6.07) is 7.12. The number of likely N-dealkylation sites (N-methyl/N-ethyl adjacent to an activating group) is 1. The lowest BCUT2D eigenvalue weighted by molar-refractivity contribution is 0.135. The third kappa shape index (κ3) is 2.25. The Morgan fingerprint density at radius 2 is 2.31 bits per heavy atom. The highest BCUT2D eigenvalue weighted by Crippen LogP contribution is 2.29. The van der Waals surface area contributed by atoms with Gasteiger partial charge in [0.25, 0.3) is 0 Å². The zero-order valence-corrected chi connectivity index (χ0v) is 9.70. The normalized spacial score (nSPS) is 26.9. The minimum absolute atomic E-state index is 0.121. The highest BCUT2D eigenvalue weighted by Gasteiger charge is 2.29. The fourth-order valence-corrected chi connectivity index (χ4v) is 2.60. The van der Waals surface area contributed by atoms with E-state index in [0.717, 1.165) is 31.5 Å². The molecule has 2 nitrogen and oxygen atoms in total. The van der Waals surface area contributed by atoms with Crippen LogP contribution in [0.15, 0.2) is 24.3 Å². The van der Waals surface area contributed by atoms with E-state index >= 15 is 0 Å². The second kappa shape index (κ2) is 4.93. The van der Waals surface area contributed by atoms with Crippen LogP contribution < -0.4 is 5.73 Å². The van der Waals surface area contributed by atoms with E-state index in [1.54, 1.807) is 12.1 Å². The number of benzene rings is 1. The van der Waals surface area contributed by atoms with Crippen LogP contribution in [0.25, 0.3) is 0 Å². The summed E-state index contributed by atoms with van der Waals surface area (Å²) in [6.45, 7) is 4.16. The molecule has 0 radical (unpaired) electrons. The molecule has 0 amide bonds. The van der Waals surface area contributed by atoms with Gasteiger partial charge in [-0.2, -0.15) is 0 Å². The predicted octanol–water partition coefficient (Wildman–Crippen LogP) is 2.31. The van der Waals surface area contributed by atoms with Crippen LogP contribution in [0.2, 0.25) is 0 Å². The number of rotatable bonds is 2. The molecule has 1 heterocycles. The number of nitrogens with zero attached hydrogens (tertiary/aromatic N) is 1. The van der Waals surface area contributed by atoms with Gasteiger partial charge in [0.05, 0.1) is 0 Å². The summed E-state index contributed by atoms with van der Waals surface area (Å²) >= 11 is 0. The number of likely N-dealkylation sites (tertiary alicyclic amines) is 1. The van der Waals surface area contributed by atoms with Gasteiger partial charge in [0, 0.05) is 12.1 Å². The molecule has 1 saturated heterocycles. The lowest BCUT2D eigenvalue weighted by atomic mass is 9.91. The highest BCUT2D eigenvalue weighted by atomic mass is 19.1. The SMILES string of the molecule is CCN1CCCC(N)C1c1cccc(F)c1. The molecule has 0 bridgehead atoms. The van der Waals surface area contributed by atoms with E-state index in [1.807, 2.05) is 6.07 Å². The molecule has 1 aromatic carbocycles. The topological polar surface area (TPSA) is 29.3 Å². The van der Waals surface area contributed by atoms with Crippen LogP contribution in [-0.2, 0) is 0 Å². The van der Waals surface area contributed by atoms with Crippen molar-refractivity contribution in [3.63, 3.8) is 0 Å². The summed E-state index contributed by atoms with van der Waals surface area (Å²) in [5.41, 5.74) is 7.17. The summed E-state index contributed by atoms with van der Waals surface area (Å²) in [7, 11) is 0. The van der Waals surface area contributed by atoms with Crippen molar-refractivity contribution in [1.82, 2.24) is 4.90 Å². The molecule has 0 aromatic heterocycles. The summed E-state index contributed by atoms with van der Waals surface area (Å²) < 4.78 is 13.2. The van der Waals surface area contributed by atoms with Crippen molar-refractivity contribution in [2.75, 3.05) is 13.1 Å². The maximum atomic E-state index is 13.2. The maximum absolute atomic E-state index is 13.2. The van der Waals surface area contributed by atoms with Crippen LogP contribution in [0.3, 0.4) is 0 Å². The van der Waals surface area contributed by atoms with E-state index in [4.69, 9.17) is 5.73 Å². The van der Waals surface area contributed by atoms with Gasteiger partial charge in [0.1, 0.15) is 5.82 Å². The number of nitrogens with two attached hydrogens (primary N) is 1. The summed E-state index contributed by atoms with van der Waals surface area (Å²) in [6.07, 6.45) is 2.17. The molecule has 2 unspecified atom stereocenters. The minimum Gasteiger partial charge on any atom is -0.326 e. The molecule has 2 N–H and O–H groups in total. The highest BCUT2D eigenvalue weighted by molar-refractivity contribution is 5.22. The van der Waals surface area contributed by atoms with E-state index in [9.17, 15) is 4.39 Å². The Kier molecular flexibility index (Phi) is 3.56. The van der Waals surface area contributed by atoms with Gasteiger partial charge in [0.15, 0.2) is 0 Å². The van der Waals surface area contributed by atoms with Gasteiger partial charge in [-0.1, -0.05) is 19.1 Å². The molecular weight excluding hydrogens is 203 g/mol. The Hall–Kier alpha value is -0.930. The average Bonchev–Trinajstić information content (AvgIpc) is 2.28. The molecule has 2 rings (SSSR count). The molecule has 1 fully saturated rings. The van der Waals surface area contributed by atoms with Gasteiger partial charge < -0.3 is 5.73 Å². The first kappa shape index (κ1) is 11.6. The van der Waals surface area contributed by atoms with Crippen LogP contribution in [0.5, 0.6) is 0 Å². The second-order valence-electron chi connectivity index (χ2n) is 4.43. The molecule has 1 aromatic rings.